The second-order valence-corrected chi connectivity index (χ2v) is 6.75. The average molecular weight is 232 g/mol. The van der Waals surface area contributed by atoms with Crippen LogP contribution in [0.1, 0.15) is 44.4 Å². The van der Waals surface area contributed by atoms with E-state index in [2.05, 4.69) is 4.98 Å². The van der Waals surface area contributed by atoms with Crippen LogP contribution in [0.15, 0.2) is 10.6 Å². The number of oxazole rings is 1. The molecule has 4 bridgehead atoms. The van der Waals surface area contributed by atoms with E-state index in [1.54, 1.807) is 6.20 Å². The van der Waals surface area contributed by atoms with Gasteiger partial charge in [0.15, 0.2) is 5.89 Å². The molecule has 0 saturated heterocycles. The molecule has 1 heterocycles. The number of anilines is 1. The molecular weight excluding hydrogens is 212 g/mol. The predicted octanol–water partition coefficient (Wildman–Crippen LogP) is 3.02. The highest BCUT2D eigenvalue weighted by molar-refractivity contribution is 5.18. The minimum atomic E-state index is 0.463. The number of hydrogen-bond donors (Lipinski definition) is 1. The Morgan fingerprint density at radius 1 is 1.18 bits per heavy atom. The third kappa shape index (κ3) is 1.59. The van der Waals surface area contributed by atoms with Crippen LogP contribution in [0.3, 0.4) is 0 Å². The molecule has 0 atom stereocenters. The van der Waals surface area contributed by atoms with Gasteiger partial charge in [0.25, 0.3) is 0 Å². The van der Waals surface area contributed by atoms with Crippen LogP contribution in [0.4, 0.5) is 5.88 Å². The van der Waals surface area contributed by atoms with Crippen molar-refractivity contribution in [2.45, 2.75) is 44.9 Å². The molecule has 1 aromatic rings. The average Bonchev–Trinajstić information content (AvgIpc) is 2.60. The quantitative estimate of drug-likeness (QED) is 0.852. The summed E-state index contributed by atoms with van der Waals surface area (Å²) >= 11 is 0. The minimum absolute atomic E-state index is 0.463. The molecule has 3 nitrogen and oxygen atoms in total. The fourth-order valence-electron chi connectivity index (χ4n) is 5.23. The van der Waals surface area contributed by atoms with Gasteiger partial charge in [0.1, 0.15) is 0 Å². The van der Waals surface area contributed by atoms with Crippen LogP contribution >= 0.6 is 0 Å². The van der Waals surface area contributed by atoms with Gasteiger partial charge in [0.05, 0.1) is 6.20 Å². The lowest BCUT2D eigenvalue weighted by Gasteiger charge is -2.56. The maximum atomic E-state index is 5.62. The number of hydrogen-bond acceptors (Lipinski definition) is 3. The first-order valence-electron chi connectivity index (χ1n) is 6.91. The fraction of sp³-hybridized carbons (Fsp3) is 0.786. The molecule has 5 rings (SSSR count). The molecule has 0 unspecified atom stereocenters. The van der Waals surface area contributed by atoms with E-state index in [9.17, 15) is 0 Å². The van der Waals surface area contributed by atoms with Crippen molar-refractivity contribution in [3.05, 3.63) is 12.1 Å². The molecule has 0 spiro atoms. The summed E-state index contributed by atoms with van der Waals surface area (Å²) in [7, 11) is 0. The third-order valence-corrected chi connectivity index (χ3v) is 5.26. The lowest BCUT2D eigenvalue weighted by Crippen LogP contribution is -2.47. The first-order valence-corrected chi connectivity index (χ1v) is 6.91. The Labute approximate surface area is 102 Å². The third-order valence-electron chi connectivity index (χ3n) is 5.26. The summed E-state index contributed by atoms with van der Waals surface area (Å²) in [6.45, 7) is 0. The summed E-state index contributed by atoms with van der Waals surface area (Å²) in [5.74, 6) is 4.31. The summed E-state index contributed by atoms with van der Waals surface area (Å²) in [5, 5.41) is 0. The highest BCUT2D eigenvalue weighted by Gasteiger charge is 2.51. The van der Waals surface area contributed by atoms with Crippen molar-refractivity contribution >= 4 is 5.88 Å². The van der Waals surface area contributed by atoms with E-state index in [4.69, 9.17) is 10.2 Å². The van der Waals surface area contributed by atoms with E-state index in [1.807, 2.05) is 0 Å². The van der Waals surface area contributed by atoms with E-state index < -0.39 is 0 Å². The molecule has 4 saturated carbocycles. The van der Waals surface area contributed by atoms with Gasteiger partial charge in [0, 0.05) is 6.42 Å². The largest absolute Gasteiger partial charge is 0.426 e. The maximum absolute atomic E-state index is 5.62. The van der Waals surface area contributed by atoms with Crippen molar-refractivity contribution < 1.29 is 4.42 Å². The Balaban J connectivity index is 1.60. The van der Waals surface area contributed by atoms with Gasteiger partial charge in [-0.15, -0.1) is 0 Å². The molecule has 0 aliphatic heterocycles. The second kappa shape index (κ2) is 3.27. The number of nitrogens with two attached hydrogens (primary N) is 1. The zero-order valence-corrected chi connectivity index (χ0v) is 10.2. The first-order chi connectivity index (χ1) is 8.21. The molecule has 1 aromatic heterocycles. The van der Waals surface area contributed by atoms with Crippen molar-refractivity contribution in [1.29, 1.82) is 0 Å². The van der Waals surface area contributed by atoms with Crippen LogP contribution in [0.5, 0.6) is 0 Å². The molecule has 92 valence electrons. The summed E-state index contributed by atoms with van der Waals surface area (Å²) in [6.07, 6.45) is 11.4. The zero-order valence-electron chi connectivity index (χ0n) is 10.2. The normalized spacial score (nSPS) is 43.2. The van der Waals surface area contributed by atoms with Gasteiger partial charge < -0.3 is 10.2 Å². The lowest BCUT2D eigenvalue weighted by atomic mass is 9.49. The van der Waals surface area contributed by atoms with Crippen molar-refractivity contribution in [3.63, 3.8) is 0 Å². The minimum Gasteiger partial charge on any atom is -0.426 e. The summed E-state index contributed by atoms with van der Waals surface area (Å²) in [4.78, 5) is 4.30. The van der Waals surface area contributed by atoms with E-state index >= 15 is 0 Å². The lowest BCUT2D eigenvalue weighted by molar-refractivity contribution is -0.0550. The van der Waals surface area contributed by atoms with Crippen LogP contribution in [-0.4, -0.2) is 4.98 Å². The second-order valence-electron chi connectivity index (χ2n) is 6.75. The van der Waals surface area contributed by atoms with Gasteiger partial charge >= 0.3 is 0 Å². The Bertz CT molecular complexity index is 402. The Morgan fingerprint density at radius 2 is 1.76 bits per heavy atom. The molecule has 4 aliphatic carbocycles. The Hall–Kier alpha value is -0.990. The molecule has 0 radical (unpaired) electrons. The van der Waals surface area contributed by atoms with Crippen molar-refractivity contribution in [1.82, 2.24) is 4.98 Å². The van der Waals surface area contributed by atoms with Gasteiger partial charge in [-0.2, -0.15) is 0 Å². The smallest absolute Gasteiger partial charge is 0.211 e. The molecule has 17 heavy (non-hydrogen) atoms. The van der Waals surface area contributed by atoms with E-state index in [-0.39, 0.29) is 0 Å². The van der Waals surface area contributed by atoms with Crippen LogP contribution in [0.25, 0.3) is 0 Å². The monoisotopic (exact) mass is 232 g/mol. The molecule has 0 aromatic carbocycles. The van der Waals surface area contributed by atoms with Crippen LogP contribution in [-0.2, 0) is 6.42 Å². The van der Waals surface area contributed by atoms with Crippen molar-refractivity contribution in [2.24, 2.45) is 23.2 Å². The van der Waals surface area contributed by atoms with Crippen LogP contribution in [0.2, 0.25) is 0 Å². The van der Waals surface area contributed by atoms with Gasteiger partial charge in [-0.1, -0.05) is 0 Å². The molecule has 4 aliphatic rings. The van der Waals surface area contributed by atoms with Gasteiger partial charge in [-0.3, -0.25) is 0 Å². The zero-order chi connectivity index (χ0) is 11.5. The topological polar surface area (TPSA) is 52.0 Å². The van der Waals surface area contributed by atoms with Crippen LogP contribution < -0.4 is 5.73 Å². The number of nitrogens with zero attached hydrogens (tertiary/aromatic N) is 1. The Kier molecular flexibility index (Phi) is 1.92. The van der Waals surface area contributed by atoms with E-state index in [0.717, 1.165) is 30.1 Å². The van der Waals surface area contributed by atoms with Crippen molar-refractivity contribution in [3.8, 4) is 0 Å². The van der Waals surface area contributed by atoms with Gasteiger partial charge in [-0.25, -0.2) is 4.98 Å². The Morgan fingerprint density at radius 3 is 2.24 bits per heavy atom. The van der Waals surface area contributed by atoms with Crippen LogP contribution in [0, 0.1) is 23.2 Å². The number of rotatable bonds is 2. The van der Waals surface area contributed by atoms with E-state index in [0.29, 0.717) is 11.3 Å². The SMILES string of the molecule is Nc1cnc(CC23CC4CC(CC(C4)C2)C3)o1. The number of aromatic nitrogens is 1. The first kappa shape index (κ1) is 9.98. The highest BCUT2D eigenvalue weighted by Crippen LogP contribution is 2.60. The highest BCUT2D eigenvalue weighted by atomic mass is 16.4. The van der Waals surface area contributed by atoms with E-state index in [1.165, 1.54) is 38.5 Å². The molecule has 2 N–H and O–H groups in total. The predicted molar refractivity (Wildman–Crippen MR) is 65.2 cm³/mol. The molecular formula is C14H20N2O. The summed E-state index contributed by atoms with van der Waals surface area (Å²) in [5.41, 5.74) is 6.12. The molecule has 0 amide bonds. The molecule has 4 fully saturated rings. The number of nitrogen functional groups attached to an aromatic ring is 1. The molecule has 3 heteroatoms. The fourth-order valence-corrected chi connectivity index (χ4v) is 5.23. The summed E-state index contributed by atoms with van der Waals surface area (Å²) < 4.78 is 5.49. The summed E-state index contributed by atoms with van der Waals surface area (Å²) in [6, 6.07) is 0. The maximum Gasteiger partial charge on any atom is 0.211 e. The van der Waals surface area contributed by atoms with Gasteiger partial charge in [-0.05, 0) is 61.7 Å². The standard InChI is InChI=1S/C14H20N2O/c15-12-8-16-13(17-12)7-14-4-9-1-10(5-14)3-11(2-9)6-14/h8-11H,1-7,15H2. The van der Waals surface area contributed by atoms with Crippen molar-refractivity contribution in [2.75, 3.05) is 5.73 Å². The van der Waals surface area contributed by atoms with Gasteiger partial charge in [0.2, 0.25) is 5.88 Å².